The van der Waals surface area contributed by atoms with Crippen LogP contribution in [-0.2, 0) is 0 Å². The molecular weight excluding hydrogens is 232 g/mol. The maximum absolute atomic E-state index is 12.0. The van der Waals surface area contributed by atoms with Crippen molar-refractivity contribution in [2.75, 3.05) is 13.1 Å². The number of hydrogen-bond donors (Lipinski definition) is 1. The zero-order valence-corrected chi connectivity index (χ0v) is 11.3. The van der Waals surface area contributed by atoms with Gasteiger partial charge in [0.25, 0.3) is 0 Å². The molecule has 0 aliphatic carbocycles. The number of hydrogen-bond acceptors (Lipinski definition) is 2. The molecule has 0 spiro atoms. The van der Waals surface area contributed by atoms with E-state index in [1.807, 2.05) is 11.8 Å². The SMILES string of the molecule is Cc1ccc(C(C)NC(=O)N2CCCCC2)s1. The van der Waals surface area contributed by atoms with E-state index < -0.39 is 0 Å². The Bertz CT molecular complexity index is 383. The minimum absolute atomic E-state index is 0.0863. The van der Waals surface area contributed by atoms with Crippen LogP contribution >= 0.6 is 11.3 Å². The second-order valence-electron chi connectivity index (χ2n) is 4.67. The molecule has 0 bridgehead atoms. The Hall–Kier alpha value is -1.03. The van der Waals surface area contributed by atoms with Gasteiger partial charge in [-0.15, -0.1) is 11.3 Å². The number of nitrogens with zero attached hydrogens (tertiary/aromatic N) is 1. The normalized spacial score (nSPS) is 17.9. The lowest BCUT2D eigenvalue weighted by atomic mass is 10.1. The smallest absolute Gasteiger partial charge is 0.317 e. The zero-order valence-electron chi connectivity index (χ0n) is 10.5. The van der Waals surface area contributed by atoms with Gasteiger partial charge < -0.3 is 10.2 Å². The van der Waals surface area contributed by atoms with Gasteiger partial charge in [0.05, 0.1) is 6.04 Å². The quantitative estimate of drug-likeness (QED) is 0.860. The second-order valence-corrected chi connectivity index (χ2v) is 5.99. The largest absolute Gasteiger partial charge is 0.331 e. The van der Waals surface area contributed by atoms with Crippen LogP contribution in [0, 0.1) is 6.92 Å². The monoisotopic (exact) mass is 252 g/mol. The summed E-state index contributed by atoms with van der Waals surface area (Å²) in [7, 11) is 0. The van der Waals surface area contributed by atoms with E-state index in [2.05, 4.69) is 24.4 Å². The molecule has 1 saturated heterocycles. The fourth-order valence-corrected chi connectivity index (χ4v) is 3.01. The van der Waals surface area contributed by atoms with Crippen molar-refractivity contribution in [2.24, 2.45) is 0 Å². The highest BCUT2D eigenvalue weighted by molar-refractivity contribution is 7.12. The topological polar surface area (TPSA) is 32.3 Å². The second kappa shape index (κ2) is 5.54. The number of likely N-dealkylation sites (tertiary alicyclic amines) is 1. The van der Waals surface area contributed by atoms with Crippen molar-refractivity contribution in [3.63, 3.8) is 0 Å². The average Bonchev–Trinajstić information content (AvgIpc) is 2.77. The third-order valence-corrected chi connectivity index (χ3v) is 4.35. The number of amides is 2. The van der Waals surface area contributed by atoms with E-state index in [4.69, 9.17) is 0 Å². The number of carbonyl (C=O) groups is 1. The Morgan fingerprint density at radius 2 is 2.06 bits per heavy atom. The molecule has 1 N–H and O–H groups in total. The molecule has 94 valence electrons. The maximum atomic E-state index is 12.0. The molecule has 2 heterocycles. The highest BCUT2D eigenvalue weighted by Gasteiger charge is 2.18. The summed E-state index contributed by atoms with van der Waals surface area (Å²) in [6.07, 6.45) is 3.53. The van der Waals surface area contributed by atoms with Gasteiger partial charge in [-0.2, -0.15) is 0 Å². The molecule has 1 aliphatic heterocycles. The van der Waals surface area contributed by atoms with Crippen LogP contribution in [0.15, 0.2) is 12.1 Å². The van der Waals surface area contributed by atoms with Crippen molar-refractivity contribution in [3.05, 3.63) is 21.9 Å². The maximum Gasteiger partial charge on any atom is 0.317 e. The molecular formula is C13H20N2OS. The van der Waals surface area contributed by atoms with Crippen LogP contribution in [0.5, 0.6) is 0 Å². The zero-order chi connectivity index (χ0) is 12.3. The molecule has 4 heteroatoms. The average molecular weight is 252 g/mol. The van der Waals surface area contributed by atoms with Crippen molar-refractivity contribution in [1.29, 1.82) is 0 Å². The van der Waals surface area contributed by atoms with Crippen LogP contribution in [0.3, 0.4) is 0 Å². The van der Waals surface area contributed by atoms with Gasteiger partial charge >= 0.3 is 6.03 Å². The molecule has 1 aromatic rings. The Kier molecular flexibility index (Phi) is 4.05. The summed E-state index contributed by atoms with van der Waals surface area (Å²) in [6, 6.07) is 4.40. The fourth-order valence-electron chi connectivity index (χ4n) is 2.13. The summed E-state index contributed by atoms with van der Waals surface area (Å²) in [5.41, 5.74) is 0. The summed E-state index contributed by atoms with van der Waals surface area (Å²) >= 11 is 1.75. The molecule has 1 aromatic heterocycles. The summed E-state index contributed by atoms with van der Waals surface area (Å²) in [5, 5.41) is 3.08. The number of carbonyl (C=O) groups excluding carboxylic acids is 1. The van der Waals surface area contributed by atoms with Gasteiger partial charge in [-0.05, 0) is 45.2 Å². The molecule has 1 aliphatic rings. The third-order valence-electron chi connectivity index (χ3n) is 3.17. The minimum atomic E-state index is 0.0863. The van der Waals surface area contributed by atoms with Gasteiger partial charge in [-0.1, -0.05) is 0 Å². The standard InChI is InChI=1S/C13H20N2OS/c1-10-6-7-12(17-10)11(2)14-13(16)15-8-4-3-5-9-15/h6-7,11H,3-5,8-9H2,1-2H3,(H,14,16). The van der Waals surface area contributed by atoms with E-state index in [1.165, 1.54) is 16.2 Å². The van der Waals surface area contributed by atoms with Crippen molar-refractivity contribution in [3.8, 4) is 0 Å². The summed E-state index contributed by atoms with van der Waals surface area (Å²) in [4.78, 5) is 16.5. The number of piperidine rings is 1. The summed E-state index contributed by atoms with van der Waals surface area (Å²) in [5.74, 6) is 0. The molecule has 1 fully saturated rings. The van der Waals surface area contributed by atoms with Crippen molar-refractivity contribution < 1.29 is 4.79 Å². The fraction of sp³-hybridized carbons (Fsp3) is 0.615. The first kappa shape index (κ1) is 12.4. The Balaban J connectivity index is 1.89. The van der Waals surface area contributed by atoms with Gasteiger partial charge in [-0.3, -0.25) is 0 Å². The lowest BCUT2D eigenvalue weighted by Crippen LogP contribution is -2.43. The first-order valence-corrected chi connectivity index (χ1v) is 7.10. The van der Waals surface area contributed by atoms with Crippen LogP contribution in [0.1, 0.15) is 42.0 Å². The van der Waals surface area contributed by atoms with E-state index in [1.54, 1.807) is 11.3 Å². The van der Waals surface area contributed by atoms with E-state index in [9.17, 15) is 4.79 Å². The Labute approximate surface area is 107 Å². The number of thiophene rings is 1. The van der Waals surface area contributed by atoms with Crippen molar-refractivity contribution >= 4 is 17.4 Å². The van der Waals surface area contributed by atoms with Crippen molar-refractivity contribution in [2.45, 2.75) is 39.2 Å². The molecule has 3 nitrogen and oxygen atoms in total. The Morgan fingerprint density at radius 1 is 1.35 bits per heavy atom. The molecule has 1 atom stereocenters. The molecule has 1 unspecified atom stereocenters. The summed E-state index contributed by atoms with van der Waals surface area (Å²) in [6.45, 7) is 5.95. The van der Waals surface area contributed by atoms with E-state index in [-0.39, 0.29) is 12.1 Å². The van der Waals surface area contributed by atoms with Crippen molar-refractivity contribution in [1.82, 2.24) is 10.2 Å². The van der Waals surface area contributed by atoms with E-state index in [0.717, 1.165) is 25.9 Å². The molecule has 17 heavy (non-hydrogen) atoms. The lowest BCUT2D eigenvalue weighted by molar-refractivity contribution is 0.183. The number of urea groups is 1. The van der Waals surface area contributed by atoms with E-state index in [0.29, 0.717) is 0 Å². The van der Waals surface area contributed by atoms with Gasteiger partial charge in [0.15, 0.2) is 0 Å². The van der Waals surface area contributed by atoms with Crippen LogP contribution < -0.4 is 5.32 Å². The molecule has 0 saturated carbocycles. The first-order valence-electron chi connectivity index (χ1n) is 6.28. The number of rotatable bonds is 2. The Morgan fingerprint density at radius 3 is 2.65 bits per heavy atom. The molecule has 0 radical (unpaired) electrons. The van der Waals surface area contributed by atoms with Gasteiger partial charge in [0, 0.05) is 22.8 Å². The van der Waals surface area contributed by atoms with Gasteiger partial charge in [0.1, 0.15) is 0 Å². The number of aryl methyl sites for hydroxylation is 1. The van der Waals surface area contributed by atoms with Gasteiger partial charge in [-0.25, -0.2) is 4.79 Å². The molecule has 2 rings (SSSR count). The first-order chi connectivity index (χ1) is 8.16. The predicted octanol–water partition coefficient (Wildman–Crippen LogP) is 3.31. The highest BCUT2D eigenvalue weighted by atomic mass is 32.1. The van der Waals surface area contributed by atoms with Gasteiger partial charge in [0.2, 0.25) is 0 Å². The predicted molar refractivity (Wildman–Crippen MR) is 71.4 cm³/mol. The summed E-state index contributed by atoms with van der Waals surface area (Å²) < 4.78 is 0. The van der Waals surface area contributed by atoms with Crippen LogP contribution in [0.25, 0.3) is 0 Å². The minimum Gasteiger partial charge on any atom is -0.331 e. The van der Waals surface area contributed by atoms with Crippen LogP contribution in [0.2, 0.25) is 0 Å². The molecule has 2 amide bonds. The number of nitrogens with one attached hydrogen (secondary N) is 1. The molecule has 0 aromatic carbocycles. The van der Waals surface area contributed by atoms with Crippen LogP contribution in [0.4, 0.5) is 4.79 Å². The highest BCUT2D eigenvalue weighted by Crippen LogP contribution is 2.22. The van der Waals surface area contributed by atoms with E-state index >= 15 is 0 Å². The third kappa shape index (κ3) is 3.22. The lowest BCUT2D eigenvalue weighted by Gasteiger charge is -2.28. The van der Waals surface area contributed by atoms with Crippen LogP contribution in [-0.4, -0.2) is 24.0 Å².